The van der Waals surface area contributed by atoms with Crippen molar-refractivity contribution in [2.24, 2.45) is 0 Å². The zero-order chi connectivity index (χ0) is 21.8. The van der Waals surface area contributed by atoms with Crippen molar-refractivity contribution in [3.8, 4) is 11.6 Å². The van der Waals surface area contributed by atoms with Gasteiger partial charge in [0, 0.05) is 42.8 Å². The average Bonchev–Trinajstić information content (AvgIpc) is 3.45. The predicted octanol–water partition coefficient (Wildman–Crippen LogP) is 3.72. The summed E-state index contributed by atoms with van der Waals surface area (Å²) in [6, 6.07) is 17.5. The van der Waals surface area contributed by atoms with Gasteiger partial charge in [-0.05, 0) is 29.7 Å². The van der Waals surface area contributed by atoms with Crippen LogP contribution in [-0.4, -0.2) is 39.5 Å². The summed E-state index contributed by atoms with van der Waals surface area (Å²) in [6.45, 7) is 1.59. The number of hydrazine groups is 1. The van der Waals surface area contributed by atoms with Crippen LogP contribution < -0.4 is 15.5 Å². The maximum Gasteiger partial charge on any atom is 0.238 e. The van der Waals surface area contributed by atoms with Crippen molar-refractivity contribution in [3.63, 3.8) is 0 Å². The number of anilines is 1. The third kappa shape index (κ3) is 4.30. The monoisotopic (exact) mass is 426 g/mol. The Morgan fingerprint density at radius 1 is 1.16 bits per heavy atom. The number of amides is 1. The minimum Gasteiger partial charge on any atom is -0.437 e. The van der Waals surface area contributed by atoms with Crippen molar-refractivity contribution in [1.82, 2.24) is 25.4 Å². The largest absolute Gasteiger partial charge is 0.437 e. The highest BCUT2D eigenvalue weighted by atomic mass is 16.5. The summed E-state index contributed by atoms with van der Waals surface area (Å²) in [4.78, 5) is 23.0. The van der Waals surface area contributed by atoms with Gasteiger partial charge in [-0.15, -0.1) is 0 Å². The third-order valence-corrected chi connectivity index (χ3v) is 5.26. The van der Waals surface area contributed by atoms with Crippen molar-refractivity contribution in [3.05, 3.63) is 84.3 Å². The van der Waals surface area contributed by atoms with E-state index in [1.807, 2.05) is 12.3 Å². The molecule has 0 bridgehead atoms. The fourth-order valence-corrected chi connectivity index (χ4v) is 3.68. The van der Waals surface area contributed by atoms with Crippen molar-refractivity contribution < 1.29 is 9.53 Å². The Kier molecular flexibility index (Phi) is 5.50. The van der Waals surface area contributed by atoms with Gasteiger partial charge in [0.25, 0.3) is 0 Å². The molecule has 0 saturated carbocycles. The number of hydrogen-bond donors (Lipinski definition) is 3. The van der Waals surface area contributed by atoms with Crippen LogP contribution in [0.2, 0.25) is 0 Å². The van der Waals surface area contributed by atoms with Crippen LogP contribution in [0.5, 0.6) is 11.6 Å². The first-order valence-electron chi connectivity index (χ1n) is 10.4. The van der Waals surface area contributed by atoms with Crippen LogP contribution in [0.3, 0.4) is 0 Å². The molecule has 3 heterocycles. The quantitative estimate of drug-likeness (QED) is 0.372. The van der Waals surface area contributed by atoms with E-state index in [-0.39, 0.29) is 0 Å². The highest BCUT2D eigenvalue weighted by molar-refractivity contribution is 5.88. The number of benzene rings is 2. The molecule has 5 rings (SSSR count). The molecule has 8 nitrogen and oxygen atoms in total. The molecule has 1 amide bonds. The normalized spacial score (nSPS) is 13.2. The van der Waals surface area contributed by atoms with Gasteiger partial charge in [0.2, 0.25) is 12.3 Å². The lowest BCUT2D eigenvalue weighted by Gasteiger charge is -2.15. The lowest BCUT2D eigenvalue weighted by atomic mass is 10.1. The van der Waals surface area contributed by atoms with Crippen molar-refractivity contribution in [2.75, 3.05) is 18.4 Å². The van der Waals surface area contributed by atoms with Gasteiger partial charge in [0.05, 0.1) is 6.20 Å². The zero-order valence-electron chi connectivity index (χ0n) is 17.3. The molecule has 2 aromatic heterocycles. The number of rotatable bonds is 8. The number of nitrogens with one attached hydrogen (secondary N) is 3. The van der Waals surface area contributed by atoms with E-state index in [0.29, 0.717) is 35.9 Å². The molecule has 32 heavy (non-hydrogen) atoms. The summed E-state index contributed by atoms with van der Waals surface area (Å²) in [5.41, 5.74) is 8.94. The summed E-state index contributed by atoms with van der Waals surface area (Å²) in [5, 5.41) is 4.72. The first-order chi connectivity index (χ1) is 15.8. The zero-order valence-corrected chi connectivity index (χ0v) is 17.3. The summed E-state index contributed by atoms with van der Waals surface area (Å²) in [7, 11) is 0. The molecule has 4 aromatic rings. The average molecular weight is 426 g/mol. The Hall–Kier alpha value is -4.17. The molecule has 0 atom stereocenters. The summed E-state index contributed by atoms with van der Waals surface area (Å²) in [6.07, 6.45) is 7.22. The fraction of sp³-hybridized carbons (Fsp3) is 0.125. The van der Waals surface area contributed by atoms with E-state index in [9.17, 15) is 4.79 Å². The Labute approximate surface area is 184 Å². The van der Waals surface area contributed by atoms with Gasteiger partial charge in [-0.25, -0.2) is 15.4 Å². The topological polar surface area (TPSA) is 95.2 Å². The summed E-state index contributed by atoms with van der Waals surface area (Å²) in [5.74, 6) is 0.950. The highest BCUT2D eigenvalue weighted by Gasteiger charge is 2.18. The van der Waals surface area contributed by atoms with E-state index in [4.69, 9.17) is 4.74 Å². The molecule has 0 spiro atoms. The van der Waals surface area contributed by atoms with Crippen molar-refractivity contribution in [1.29, 1.82) is 0 Å². The van der Waals surface area contributed by atoms with Crippen molar-refractivity contribution in [2.45, 2.75) is 6.42 Å². The molecule has 160 valence electrons. The summed E-state index contributed by atoms with van der Waals surface area (Å²) < 4.78 is 5.88. The number of ether oxygens (including phenoxy) is 1. The molecule has 0 saturated heterocycles. The van der Waals surface area contributed by atoms with E-state index < -0.39 is 0 Å². The van der Waals surface area contributed by atoms with Crippen LogP contribution in [0, 0.1) is 0 Å². The van der Waals surface area contributed by atoms with Gasteiger partial charge < -0.3 is 20.0 Å². The SMILES string of the molecule is O=CNc1cccc(Oc2cnc3[nH]cc(C4=CN(CCc5ccccc5)NC4)c3n2)c1. The van der Waals surface area contributed by atoms with Gasteiger partial charge in [0.15, 0.2) is 5.65 Å². The second kappa shape index (κ2) is 8.91. The van der Waals surface area contributed by atoms with E-state index in [1.54, 1.807) is 30.5 Å². The summed E-state index contributed by atoms with van der Waals surface area (Å²) >= 11 is 0. The second-order valence-corrected chi connectivity index (χ2v) is 7.42. The van der Waals surface area contributed by atoms with Gasteiger partial charge >= 0.3 is 0 Å². The molecule has 0 fully saturated rings. The Balaban J connectivity index is 1.33. The molecule has 8 heteroatoms. The van der Waals surface area contributed by atoms with Gasteiger partial charge in [0.1, 0.15) is 11.3 Å². The third-order valence-electron chi connectivity index (χ3n) is 5.26. The van der Waals surface area contributed by atoms with Crippen LogP contribution >= 0.6 is 0 Å². The smallest absolute Gasteiger partial charge is 0.238 e. The fourth-order valence-electron chi connectivity index (χ4n) is 3.68. The minimum absolute atomic E-state index is 0.383. The number of carbonyl (C=O) groups excluding carboxylic acids is 1. The van der Waals surface area contributed by atoms with Gasteiger partial charge in [-0.1, -0.05) is 36.4 Å². The molecular formula is C24H22N6O2. The first kappa shape index (κ1) is 19.8. The van der Waals surface area contributed by atoms with E-state index in [2.05, 4.69) is 61.2 Å². The molecule has 0 aliphatic carbocycles. The van der Waals surface area contributed by atoms with Crippen LogP contribution in [-0.2, 0) is 11.2 Å². The van der Waals surface area contributed by atoms with E-state index in [0.717, 1.165) is 29.6 Å². The lowest BCUT2D eigenvalue weighted by molar-refractivity contribution is -0.105. The molecule has 1 aliphatic rings. The Morgan fingerprint density at radius 2 is 2.06 bits per heavy atom. The number of nitrogens with zero attached hydrogens (tertiary/aromatic N) is 3. The van der Waals surface area contributed by atoms with Gasteiger partial charge in [-0.3, -0.25) is 4.79 Å². The maximum atomic E-state index is 10.7. The maximum absolute atomic E-state index is 10.7. The Morgan fingerprint density at radius 3 is 2.94 bits per heavy atom. The van der Waals surface area contributed by atoms with Crippen LogP contribution in [0.25, 0.3) is 16.7 Å². The number of H-pyrrole nitrogens is 1. The standard InChI is InChI=1S/C24H22N6O2/c31-16-27-19-7-4-8-20(11-19)32-22-14-26-24-23(29-22)21(13-25-24)18-12-28-30(15-18)10-9-17-5-2-1-3-6-17/h1-8,11,13-16,28H,9-10,12H2,(H,25,26)(H,27,31). The molecule has 0 radical (unpaired) electrons. The number of fused-ring (bicyclic) bond motifs is 1. The number of hydrogen-bond acceptors (Lipinski definition) is 6. The molecule has 1 aliphatic heterocycles. The van der Waals surface area contributed by atoms with Crippen LogP contribution in [0.4, 0.5) is 5.69 Å². The van der Waals surface area contributed by atoms with Crippen LogP contribution in [0.1, 0.15) is 11.1 Å². The minimum atomic E-state index is 0.383. The van der Waals surface area contributed by atoms with E-state index >= 15 is 0 Å². The lowest BCUT2D eigenvalue weighted by Crippen LogP contribution is -2.30. The number of aromatic amines is 1. The molecular weight excluding hydrogens is 404 g/mol. The molecule has 2 aromatic carbocycles. The second-order valence-electron chi connectivity index (χ2n) is 7.42. The van der Waals surface area contributed by atoms with Gasteiger partial charge in [-0.2, -0.15) is 0 Å². The Bertz CT molecular complexity index is 1270. The van der Waals surface area contributed by atoms with Crippen molar-refractivity contribution >= 4 is 28.8 Å². The number of carbonyl (C=O) groups is 1. The van der Waals surface area contributed by atoms with E-state index in [1.165, 1.54) is 5.56 Å². The van der Waals surface area contributed by atoms with Crippen LogP contribution in [0.15, 0.2) is 73.2 Å². The predicted molar refractivity (Wildman–Crippen MR) is 123 cm³/mol. The molecule has 3 N–H and O–H groups in total. The first-order valence-corrected chi connectivity index (χ1v) is 10.4. The highest BCUT2D eigenvalue weighted by Crippen LogP contribution is 2.28. The molecule has 0 unspecified atom stereocenters. The number of aromatic nitrogens is 3.